The van der Waals surface area contributed by atoms with E-state index in [-0.39, 0.29) is 11.4 Å². The Morgan fingerprint density at radius 1 is 1.23 bits per heavy atom. The van der Waals surface area contributed by atoms with Crippen LogP contribution in [0.4, 0.5) is 8.78 Å². The average Bonchev–Trinajstić information content (AvgIpc) is 3.57. The average molecular weight is 428 g/mol. The van der Waals surface area contributed by atoms with Crippen molar-refractivity contribution in [3.05, 3.63) is 59.4 Å². The molecule has 31 heavy (non-hydrogen) atoms. The van der Waals surface area contributed by atoms with Gasteiger partial charge in [0.05, 0.1) is 12.2 Å². The summed E-state index contributed by atoms with van der Waals surface area (Å²) in [5, 5.41) is 12.8. The number of pyridine rings is 1. The minimum atomic E-state index is -3.52. The first kappa shape index (κ1) is 22.2. The number of rotatable bonds is 8. The van der Waals surface area contributed by atoms with Crippen LogP contribution in [0, 0.1) is 11.5 Å². The van der Waals surface area contributed by atoms with Crippen LogP contribution in [0.15, 0.2) is 42.6 Å². The maximum absolute atomic E-state index is 13.4. The first-order valence-corrected chi connectivity index (χ1v) is 9.80. The maximum Gasteiger partial charge on any atom is 0.321 e. The number of benzene rings is 1. The minimum Gasteiger partial charge on any atom is -0.482 e. The highest BCUT2D eigenvalue weighted by molar-refractivity contribution is 5.93. The number of amides is 2. The monoisotopic (exact) mass is 428 g/mol. The predicted octanol–water partition coefficient (Wildman–Crippen LogP) is 3.45. The molecule has 2 N–H and O–H groups in total. The summed E-state index contributed by atoms with van der Waals surface area (Å²) < 4.78 is 32.7. The highest BCUT2D eigenvalue weighted by Gasteiger charge is 2.35. The van der Waals surface area contributed by atoms with E-state index in [2.05, 4.69) is 10.3 Å². The smallest absolute Gasteiger partial charge is 0.321 e. The zero-order chi connectivity index (χ0) is 22.6. The van der Waals surface area contributed by atoms with E-state index >= 15 is 0 Å². The molecule has 0 radical (unpaired) electrons. The summed E-state index contributed by atoms with van der Waals surface area (Å²) >= 11 is 0. The third kappa shape index (κ3) is 5.75. The van der Waals surface area contributed by atoms with Crippen molar-refractivity contribution in [1.29, 1.82) is 5.26 Å². The molecule has 1 fully saturated rings. The van der Waals surface area contributed by atoms with E-state index in [1.54, 1.807) is 6.92 Å². The molecule has 1 aromatic heterocycles. The molecule has 1 aromatic carbocycles. The van der Waals surface area contributed by atoms with Gasteiger partial charge in [-0.2, -0.15) is 14.0 Å². The third-order valence-corrected chi connectivity index (χ3v) is 4.93. The van der Waals surface area contributed by atoms with Gasteiger partial charge in [0.1, 0.15) is 17.5 Å². The molecular weight excluding hydrogens is 406 g/mol. The Kier molecular flexibility index (Phi) is 6.49. The molecule has 2 atom stereocenters. The lowest BCUT2D eigenvalue weighted by atomic mass is 10.00. The Morgan fingerprint density at radius 2 is 1.90 bits per heavy atom. The van der Waals surface area contributed by atoms with Gasteiger partial charge in [-0.15, -0.1) is 0 Å². The Morgan fingerprint density at radius 3 is 2.42 bits per heavy atom. The number of alkyl halides is 2. The topological polar surface area (TPSA) is 104 Å². The molecule has 162 valence electrons. The van der Waals surface area contributed by atoms with Gasteiger partial charge in [-0.3, -0.25) is 14.9 Å². The molecule has 9 heteroatoms. The van der Waals surface area contributed by atoms with Crippen LogP contribution in [0.25, 0.3) is 0 Å². The van der Waals surface area contributed by atoms with Crippen LogP contribution in [0.5, 0.6) is 5.75 Å². The molecule has 0 aliphatic heterocycles. The van der Waals surface area contributed by atoms with Crippen LogP contribution >= 0.6 is 0 Å². The summed E-state index contributed by atoms with van der Waals surface area (Å²) in [5.74, 6) is -4.75. The lowest BCUT2D eigenvalue weighted by Gasteiger charge is -2.27. The molecule has 1 aliphatic carbocycles. The number of ether oxygens (including phenoxy) is 1. The summed E-state index contributed by atoms with van der Waals surface area (Å²) in [5.41, 5.74) is 1.92. The van der Waals surface area contributed by atoms with Crippen LogP contribution in [-0.2, 0) is 4.79 Å². The molecule has 0 spiro atoms. The normalized spacial score (nSPS) is 15.3. The van der Waals surface area contributed by atoms with E-state index in [9.17, 15) is 18.4 Å². The molecule has 1 aliphatic rings. The molecule has 7 nitrogen and oxygen atoms in total. The van der Waals surface area contributed by atoms with Gasteiger partial charge < -0.3 is 10.1 Å². The number of nitrogens with zero attached hydrogens (tertiary/aromatic N) is 2. The van der Waals surface area contributed by atoms with E-state index in [1.165, 1.54) is 30.1 Å². The molecule has 1 saturated carbocycles. The van der Waals surface area contributed by atoms with Gasteiger partial charge in [-0.05, 0) is 48.9 Å². The Balaban J connectivity index is 1.81. The molecule has 0 saturated heterocycles. The van der Waals surface area contributed by atoms with E-state index in [0.717, 1.165) is 12.8 Å². The lowest BCUT2D eigenvalue weighted by molar-refractivity contribution is -0.144. The molecule has 1 heterocycles. The van der Waals surface area contributed by atoms with Gasteiger partial charge in [0.25, 0.3) is 11.8 Å². The number of aromatic nitrogens is 1. The Hall–Kier alpha value is -3.54. The quantitative estimate of drug-likeness (QED) is 0.495. The number of hydrogen-bond donors (Lipinski definition) is 2. The number of nitriles is 1. The van der Waals surface area contributed by atoms with Crippen LogP contribution in [0.2, 0.25) is 0 Å². The summed E-state index contributed by atoms with van der Waals surface area (Å²) in [6, 6.07) is 9.72. The zero-order valence-electron chi connectivity index (χ0n) is 17.1. The van der Waals surface area contributed by atoms with Crippen molar-refractivity contribution in [2.24, 2.45) is 0 Å². The van der Waals surface area contributed by atoms with Crippen molar-refractivity contribution in [2.75, 3.05) is 0 Å². The van der Waals surface area contributed by atoms with Crippen LogP contribution < -0.4 is 15.4 Å². The number of carbonyl (C=O) groups is 2. The fraction of sp³-hybridized carbons (Fsp3) is 0.364. The second-order valence-corrected chi connectivity index (χ2v) is 7.57. The second-order valence-electron chi connectivity index (χ2n) is 7.57. The maximum atomic E-state index is 13.4. The zero-order valence-corrected chi connectivity index (χ0v) is 17.1. The van der Waals surface area contributed by atoms with Crippen molar-refractivity contribution >= 4 is 11.8 Å². The van der Waals surface area contributed by atoms with Crippen molar-refractivity contribution in [3.8, 4) is 11.9 Å². The summed E-state index contributed by atoms with van der Waals surface area (Å²) in [4.78, 5) is 27.4. The van der Waals surface area contributed by atoms with Crippen LogP contribution in [0.3, 0.4) is 0 Å². The predicted molar refractivity (Wildman–Crippen MR) is 107 cm³/mol. The number of hydrogen-bond acceptors (Lipinski definition) is 5. The molecule has 2 amide bonds. The molecule has 2 aromatic rings. The van der Waals surface area contributed by atoms with Crippen molar-refractivity contribution in [1.82, 2.24) is 15.6 Å². The van der Waals surface area contributed by atoms with E-state index in [4.69, 9.17) is 10.00 Å². The van der Waals surface area contributed by atoms with E-state index < -0.39 is 29.9 Å². The standard InChI is InChI=1S/C22H22F2N4O3/c1-13(28-21(30)22(2,23)24)19(16-7-5-15(6-8-16)14-3-4-14)31-17-9-10-18(26-11-17)20(29)27-12-25/h5-11,13-14,19H,3-4H2,1-2H3,(H,27,29)(H,28,30)/t13?,19-/m0/s1. The summed E-state index contributed by atoms with van der Waals surface area (Å²) in [6.45, 7) is 2.11. The van der Waals surface area contributed by atoms with Gasteiger partial charge in [-0.25, -0.2) is 4.98 Å². The molecule has 0 bridgehead atoms. The van der Waals surface area contributed by atoms with Gasteiger partial charge in [0.2, 0.25) is 0 Å². The van der Waals surface area contributed by atoms with Crippen molar-refractivity contribution in [2.45, 2.75) is 50.7 Å². The highest BCUT2D eigenvalue weighted by Crippen LogP contribution is 2.40. The minimum absolute atomic E-state index is 0.0196. The van der Waals surface area contributed by atoms with E-state index in [1.807, 2.05) is 29.6 Å². The fourth-order valence-electron chi connectivity index (χ4n) is 3.09. The van der Waals surface area contributed by atoms with Gasteiger partial charge in [0.15, 0.2) is 6.19 Å². The first-order valence-electron chi connectivity index (χ1n) is 9.80. The Labute approximate surface area is 178 Å². The highest BCUT2D eigenvalue weighted by atomic mass is 19.3. The van der Waals surface area contributed by atoms with Crippen molar-refractivity contribution < 1.29 is 23.1 Å². The molecule has 3 rings (SSSR count). The SMILES string of the molecule is CC(NC(=O)C(C)(F)F)[C@H](Oc1ccc(C(=O)NC#N)nc1)c1ccc(C2CC2)cc1. The molecular formula is C22H22F2N4O3. The number of carbonyl (C=O) groups excluding carboxylic acids is 2. The lowest BCUT2D eigenvalue weighted by Crippen LogP contribution is -2.46. The van der Waals surface area contributed by atoms with Crippen LogP contribution in [-0.4, -0.2) is 28.8 Å². The molecule has 1 unspecified atom stereocenters. The van der Waals surface area contributed by atoms with E-state index in [0.29, 0.717) is 18.4 Å². The largest absolute Gasteiger partial charge is 0.482 e. The van der Waals surface area contributed by atoms with Crippen molar-refractivity contribution in [3.63, 3.8) is 0 Å². The Bertz CT molecular complexity index is 978. The first-order chi connectivity index (χ1) is 14.7. The third-order valence-electron chi connectivity index (χ3n) is 4.93. The van der Waals surface area contributed by atoms with Gasteiger partial charge in [-0.1, -0.05) is 24.3 Å². The fourth-order valence-corrected chi connectivity index (χ4v) is 3.09. The second kappa shape index (κ2) is 9.08. The van der Waals surface area contributed by atoms with Crippen LogP contribution in [0.1, 0.15) is 60.3 Å². The van der Waals surface area contributed by atoms with Gasteiger partial charge in [0, 0.05) is 6.92 Å². The number of halogens is 2. The van der Waals surface area contributed by atoms with Gasteiger partial charge >= 0.3 is 5.92 Å². The number of nitrogens with one attached hydrogen (secondary N) is 2. The summed E-state index contributed by atoms with van der Waals surface area (Å²) in [6.07, 6.45) is 4.33. The summed E-state index contributed by atoms with van der Waals surface area (Å²) in [7, 11) is 0.